The molecule has 0 bridgehead atoms. The van der Waals surface area contributed by atoms with E-state index in [1.54, 1.807) is 51.1 Å². The van der Waals surface area contributed by atoms with E-state index < -0.39 is 95.7 Å². The van der Waals surface area contributed by atoms with Crippen LogP contribution in [0.1, 0.15) is 43.6 Å². The van der Waals surface area contributed by atoms with Gasteiger partial charge in [0.2, 0.25) is 11.9 Å². The first-order valence-corrected chi connectivity index (χ1v) is 18.3. The molecular formula is C31H35FN12O10S. The van der Waals surface area contributed by atoms with Gasteiger partial charge >= 0.3 is 10.3 Å². The van der Waals surface area contributed by atoms with Crippen molar-refractivity contribution in [3.8, 4) is 0 Å². The number of anilines is 2. The largest absolute Gasteiger partial charge is 0.394 e. The summed E-state index contributed by atoms with van der Waals surface area (Å²) in [7, 11) is -4.74. The van der Waals surface area contributed by atoms with E-state index in [-0.39, 0.29) is 34.1 Å². The average Bonchev–Trinajstić information content (AvgIpc) is 3.92. The fourth-order valence-electron chi connectivity index (χ4n) is 6.08. The van der Waals surface area contributed by atoms with E-state index in [1.807, 2.05) is 0 Å². The standard InChI is InChI=1S/C31H35FN12O10S/c1-13(2)26(47)39-31-38-25-20(28(49)40-31)41-42-44(25)30-22(14(3)17(10-45)53-30)54-55(50,51)36-9-16-21(46)18(32)29(52-16)43-12-35-19-23(33-11-34-24(19)43)37-27(48)15-7-5-4-6-8-15/h4-8,11-14,16-18,21-22,29-30,36,45-46H,9-10H2,1-3H3,(H,33,34,37,48)(H2,38,39,40,47,49)/t14-,16-,17-,18-,21-,22?,29?,30-/m1/s1. The first-order chi connectivity index (χ1) is 26.3. The summed E-state index contributed by atoms with van der Waals surface area (Å²) in [6.45, 7) is 3.62. The highest BCUT2D eigenvalue weighted by molar-refractivity contribution is 7.84. The van der Waals surface area contributed by atoms with E-state index in [0.29, 0.717) is 5.56 Å². The van der Waals surface area contributed by atoms with Crippen molar-refractivity contribution in [3.05, 3.63) is 58.9 Å². The minimum atomic E-state index is -4.74. The molecular weight excluding hydrogens is 751 g/mol. The highest BCUT2D eigenvalue weighted by Gasteiger charge is 2.49. The lowest BCUT2D eigenvalue weighted by molar-refractivity contribution is -0.118. The Morgan fingerprint density at radius 2 is 1.80 bits per heavy atom. The molecule has 22 nitrogen and oxygen atoms in total. The molecule has 55 heavy (non-hydrogen) atoms. The van der Waals surface area contributed by atoms with Gasteiger partial charge in [0.15, 0.2) is 46.8 Å². The predicted octanol–water partition coefficient (Wildman–Crippen LogP) is -0.457. The Bertz CT molecular complexity index is 2390. The van der Waals surface area contributed by atoms with Crippen LogP contribution in [0.2, 0.25) is 0 Å². The second-order valence-corrected chi connectivity index (χ2v) is 14.5. The number of nitrogens with one attached hydrogen (secondary N) is 4. The molecule has 6 heterocycles. The van der Waals surface area contributed by atoms with E-state index in [1.165, 1.54) is 10.9 Å². The number of aliphatic hydroxyl groups excluding tert-OH is 2. The number of imidazole rings is 1. The lowest BCUT2D eigenvalue weighted by Gasteiger charge is -2.22. The van der Waals surface area contributed by atoms with E-state index in [4.69, 9.17) is 13.7 Å². The Morgan fingerprint density at radius 1 is 1.05 bits per heavy atom. The first kappa shape index (κ1) is 37.9. The van der Waals surface area contributed by atoms with Crippen molar-refractivity contribution in [2.24, 2.45) is 11.8 Å². The van der Waals surface area contributed by atoms with Crippen molar-refractivity contribution in [1.82, 2.24) is 49.2 Å². The number of nitrogens with zero attached hydrogens (tertiary/aromatic N) is 8. The quantitative estimate of drug-likeness (QED) is 0.0933. The molecule has 0 aliphatic carbocycles. The van der Waals surface area contributed by atoms with E-state index >= 15 is 4.39 Å². The van der Waals surface area contributed by atoms with Gasteiger partial charge in [0, 0.05) is 23.9 Å². The number of hydrogen-bond acceptors (Lipinski definition) is 16. The molecule has 5 aromatic rings. The summed E-state index contributed by atoms with van der Waals surface area (Å²) in [6, 6.07) is 8.34. The Kier molecular flexibility index (Phi) is 10.4. The second-order valence-electron chi connectivity index (χ2n) is 13.1. The van der Waals surface area contributed by atoms with Gasteiger partial charge in [0.05, 0.1) is 19.0 Å². The zero-order valence-electron chi connectivity index (χ0n) is 29.2. The second kappa shape index (κ2) is 15.0. The summed E-state index contributed by atoms with van der Waals surface area (Å²) in [5.41, 5.74) is -0.653. The third-order valence-corrected chi connectivity index (χ3v) is 10.1. The third-order valence-electron chi connectivity index (χ3n) is 9.12. The van der Waals surface area contributed by atoms with Crippen LogP contribution < -0.4 is 20.9 Å². The van der Waals surface area contributed by atoms with E-state index in [2.05, 4.69) is 50.6 Å². The number of halogens is 1. The Hall–Kier alpha value is -5.37. The predicted molar refractivity (Wildman–Crippen MR) is 186 cm³/mol. The molecule has 292 valence electrons. The lowest BCUT2D eigenvalue weighted by Crippen LogP contribution is -2.42. The molecule has 8 atom stereocenters. The number of amides is 2. The molecule has 2 fully saturated rings. The number of ether oxygens (including phenoxy) is 2. The number of rotatable bonds is 12. The number of H-pyrrole nitrogens is 1. The van der Waals surface area contributed by atoms with Gasteiger partial charge in [0.1, 0.15) is 24.6 Å². The van der Waals surface area contributed by atoms with Gasteiger partial charge in [-0.15, -0.1) is 5.10 Å². The summed E-state index contributed by atoms with van der Waals surface area (Å²) in [6.07, 6.45) is -8.26. The molecule has 2 aliphatic rings. The van der Waals surface area contributed by atoms with Crippen molar-refractivity contribution in [1.29, 1.82) is 0 Å². The van der Waals surface area contributed by atoms with Crippen molar-refractivity contribution >= 4 is 56.2 Å². The summed E-state index contributed by atoms with van der Waals surface area (Å²) >= 11 is 0. The van der Waals surface area contributed by atoms with Crippen LogP contribution in [0.25, 0.3) is 22.3 Å². The Morgan fingerprint density at radius 3 is 2.53 bits per heavy atom. The number of alkyl halides is 1. The highest BCUT2D eigenvalue weighted by Crippen LogP contribution is 2.38. The van der Waals surface area contributed by atoms with Gasteiger partial charge in [-0.1, -0.05) is 44.2 Å². The molecule has 2 saturated heterocycles. The molecule has 2 aliphatic heterocycles. The zero-order valence-corrected chi connectivity index (χ0v) is 30.0. The number of aromatic amines is 1. The number of carbonyl (C=O) groups is 2. The number of benzene rings is 1. The van der Waals surface area contributed by atoms with Gasteiger partial charge < -0.3 is 25.0 Å². The van der Waals surface area contributed by atoms with Gasteiger partial charge in [0.25, 0.3) is 11.5 Å². The molecule has 6 N–H and O–H groups in total. The number of aromatic nitrogens is 9. The minimum absolute atomic E-state index is 0.0414. The Labute approximate surface area is 309 Å². The highest BCUT2D eigenvalue weighted by atomic mass is 32.2. The molecule has 4 aromatic heterocycles. The molecule has 7 rings (SSSR count). The third kappa shape index (κ3) is 7.39. The molecule has 0 spiro atoms. The molecule has 0 radical (unpaired) electrons. The number of hydrogen-bond donors (Lipinski definition) is 6. The molecule has 2 amide bonds. The topological polar surface area (TPSA) is 293 Å². The monoisotopic (exact) mass is 786 g/mol. The van der Waals surface area contributed by atoms with Crippen LogP contribution in [-0.2, 0) is 28.8 Å². The van der Waals surface area contributed by atoms with Gasteiger partial charge in [-0.05, 0) is 12.1 Å². The number of aliphatic hydroxyl groups is 2. The summed E-state index contributed by atoms with van der Waals surface area (Å²) in [4.78, 5) is 56.8. The van der Waals surface area contributed by atoms with Gasteiger partial charge in [-0.2, -0.15) is 22.8 Å². The van der Waals surface area contributed by atoms with Gasteiger partial charge in [-0.3, -0.25) is 29.3 Å². The fraction of sp³-hybridized carbons (Fsp3) is 0.452. The van der Waals surface area contributed by atoms with Crippen molar-refractivity contribution < 1.29 is 46.3 Å². The van der Waals surface area contributed by atoms with Crippen LogP contribution in [-0.4, -0.2) is 119 Å². The van der Waals surface area contributed by atoms with Crippen LogP contribution in [0.5, 0.6) is 0 Å². The molecule has 24 heteroatoms. The average molecular weight is 787 g/mol. The normalized spacial score (nSPS) is 25.6. The maximum atomic E-state index is 15.6. The van der Waals surface area contributed by atoms with Crippen LogP contribution >= 0.6 is 0 Å². The van der Waals surface area contributed by atoms with E-state index in [9.17, 15) is 33.0 Å². The van der Waals surface area contributed by atoms with Crippen molar-refractivity contribution in [2.75, 3.05) is 23.8 Å². The van der Waals surface area contributed by atoms with Crippen LogP contribution in [0.4, 0.5) is 16.2 Å². The van der Waals surface area contributed by atoms with Crippen molar-refractivity contribution in [2.45, 2.75) is 63.8 Å². The minimum Gasteiger partial charge on any atom is -0.394 e. The fourth-order valence-corrected chi connectivity index (χ4v) is 7.08. The smallest absolute Gasteiger partial charge is 0.336 e. The van der Waals surface area contributed by atoms with E-state index in [0.717, 1.165) is 11.0 Å². The molecule has 0 saturated carbocycles. The van der Waals surface area contributed by atoms with Crippen LogP contribution in [0, 0.1) is 11.8 Å². The Balaban J connectivity index is 1.06. The van der Waals surface area contributed by atoms with Crippen LogP contribution in [0.15, 0.2) is 47.8 Å². The summed E-state index contributed by atoms with van der Waals surface area (Å²) in [5, 5.41) is 33.6. The summed E-state index contributed by atoms with van der Waals surface area (Å²) in [5.74, 6) is -2.34. The molecule has 2 unspecified atom stereocenters. The zero-order chi connectivity index (χ0) is 39.2. The van der Waals surface area contributed by atoms with Crippen LogP contribution in [0.3, 0.4) is 0 Å². The summed E-state index contributed by atoms with van der Waals surface area (Å²) < 4.78 is 63.8. The number of carbonyl (C=O) groups excluding carboxylic acids is 2. The molecule has 1 aromatic carbocycles. The van der Waals surface area contributed by atoms with Crippen molar-refractivity contribution in [3.63, 3.8) is 0 Å². The maximum absolute atomic E-state index is 15.6. The SMILES string of the molecule is CC(C)C(=O)Nc1nc2c(nnn2[C@@H]2O[C@H](CO)[C@@H](C)C2OS(=O)(=O)NC[C@H]2OC(n3cnc4c(NC(=O)c5ccccc5)ncnc43)[C@H](F)[C@@H]2O)c(=O)[nH]1. The van der Waals surface area contributed by atoms with Gasteiger partial charge in [-0.25, -0.2) is 23.5 Å². The number of fused-ring (bicyclic) bond motifs is 2. The first-order valence-electron chi connectivity index (χ1n) is 16.9. The lowest BCUT2D eigenvalue weighted by atomic mass is 10.0. The maximum Gasteiger partial charge on any atom is 0.336 e.